The van der Waals surface area contributed by atoms with Crippen molar-refractivity contribution in [3.8, 4) is 5.75 Å². The molecule has 1 saturated heterocycles. The number of ether oxygens (including phenoxy) is 1. The van der Waals surface area contributed by atoms with Crippen LogP contribution in [0.1, 0.15) is 25.3 Å². The van der Waals surface area contributed by atoms with Gasteiger partial charge in [-0.05, 0) is 56.0 Å². The SMILES string of the molecule is COc1ccc(CCN2CCC(C(C)Br)CC2)cc1. The van der Waals surface area contributed by atoms with Crippen LogP contribution in [0.4, 0.5) is 0 Å². The largest absolute Gasteiger partial charge is 0.497 e. The third kappa shape index (κ3) is 4.50. The van der Waals surface area contributed by atoms with Crippen molar-refractivity contribution in [3.63, 3.8) is 0 Å². The molecule has 0 radical (unpaired) electrons. The molecule has 3 heteroatoms. The molecule has 0 aromatic heterocycles. The molecule has 1 fully saturated rings. The zero-order valence-electron chi connectivity index (χ0n) is 11.9. The molecule has 0 saturated carbocycles. The maximum atomic E-state index is 5.18. The van der Waals surface area contributed by atoms with E-state index in [0.29, 0.717) is 4.83 Å². The summed E-state index contributed by atoms with van der Waals surface area (Å²) in [4.78, 5) is 3.26. The average Bonchev–Trinajstić information content (AvgIpc) is 2.46. The third-order valence-electron chi connectivity index (χ3n) is 4.16. The van der Waals surface area contributed by atoms with Gasteiger partial charge < -0.3 is 9.64 Å². The Hall–Kier alpha value is -0.540. The van der Waals surface area contributed by atoms with Crippen molar-refractivity contribution in [2.75, 3.05) is 26.7 Å². The zero-order valence-corrected chi connectivity index (χ0v) is 13.5. The van der Waals surface area contributed by atoms with Gasteiger partial charge in [0.25, 0.3) is 0 Å². The summed E-state index contributed by atoms with van der Waals surface area (Å²) in [6.07, 6.45) is 3.79. The van der Waals surface area contributed by atoms with Gasteiger partial charge in [0.15, 0.2) is 0 Å². The summed E-state index contributed by atoms with van der Waals surface area (Å²) in [6, 6.07) is 8.44. The summed E-state index contributed by atoms with van der Waals surface area (Å²) >= 11 is 3.71. The van der Waals surface area contributed by atoms with Crippen molar-refractivity contribution in [2.45, 2.75) is 31.0 Å². The molecule has 1 heterocycles. The zero-order chi connectivity index (χ0) is 13.7. The second-order valence-electron chi connectivity index (χ2n) is 5.45. The molecule has 0 bridgehead atoms. The van der Waals surface area contributed by atoms with Crippen LogP contribution in [0, 0.1) is 5.92 Å². The lowest BCUT2D eigenvalue weighted by atomic mass is 9.94. The van der Waals surface area contributed by atoms with E-state index in [1.807, 2.05) is 12.1 Å². The predicted molar refractivity (Wildman–Crippen MR) is 84.3 cm³/mol. The Labute approximate surface area is 125 Å². The van der Waals surface area contributed by atoms with Crippen LogP contribution in [-0.4, -0.2) is 36.5 Å². The number of hydrogen-bond acceptors (Lipinski definition) is 2. The summed E-state index contributed by atoms with van der Waals surface area (Å²) in [7, 11) is 1.71. The molecule has 0 amide bonds. The number of hydrogen-bond donors (Lipinski definition) is 0. The first-order valence-corrected chi connectivity index (χ1v) is 8.10. The fraction of sp³-hybridized carbons (Fsp3) is 0.625. The first-order chi connectivity index (χ1) is 9.19. The van der Waals surface area contributed by atoms with Crippen molar-refractivity contribution >= 4 is 15.9 Å². The molecule has 1 aromatic carbocycles. The van der Waals surface area contributed by atoms with Gasteiger partial charge in [-0.15, -0.1) is 0 Å². The van der Waals surface area contributed by atoms with Crippen molar-refractivity contribution < 1.29 is 4.74 Å². The van der Waals surface area contributed by atoms with Crippen LogP contribution in [0.15, 0.2) is 24.3 Å². The molecule has 1 aliphatic rings. The number of benzene rings is 1. The molecule has 0 aliphatic carbocycles. The van der Waals surface area contributed by atoms with E-state index in [9.17, 15) is 0 Å². The molecule has 0 spiro atoms. The van der Waals surface area contributed by atoms with Crippen molar-refractivity contribution in [3.05, 3.63) is 29.8 Å². The molecule has 1 unspecified atom stereocenters. The number of nitrogens with zero attached hydrogens (tertiary/aromatic N) is 1. The Kier molecular flexibility index (Phi) is 5.71. The van der Waals surface area contributed by atoms with E-state index in [1.165, 1.54) is 38.0 Å². The van der Waals surface area contributed by atoms with Gasteiger partial charge in [0.1, 0.15) is 5.75 Å². The molecule has 106 valence electrons. The lowest BCUT2D eigenvalue weighted by Gasteiger charge is -2.33. The Bertz CT molecular complexity index is 369. The second-order valence-corrected chi connectivity index (χ2v) is 6.90. The Balaban J connectivity index is 1.74. The Morgan fingerprint density at radius 3 is 2.42 bits per heavy atom. The van der Waals surface area contributed by atoms with Gasteiger partial charge in [0.05, 0.1) is 7.11 Å². The number of methoxy groups -OCH3 is 1. The highest BCUT2D eigenvalue weighted by Gasteiger charge is 2.21. The first kappa shape index (κ1) is 14.9. The number of rotatable bonds is 5. The predicted octanol–water partition coefficient (Wildman–Crippen LogP) is 3.73. The van der Waals surface area contributed by atoms with Gasteiger partial charge in [-0.25, -0.2) is 0 Å². The minimum absolute atomic E-state index is 0.663. The number of halogens is 1. The van der Waals surface area contributed by atoms with Crippen LogP contribution in [0.3, 0.4) is 0 Å². The Morgan fingerprint density at radius 2 is 1.89 bits per heavy atom. The summed E-state index contributed by atoms with van der Waals surface area (Å²) in [5.41, 5.74) is 1.40. The molecule has 0 N–H and O–H groups in total. The summed E-state index contributed by atoms with van der Waals surface area (Å²) in [5.74, 6) is 1.80. The van der Waals surface area contributed by atoms with E-state index in [2.05, 4.69) is 39.9 Å². The molecular weight excluding hydrogens is 302 g/mol. The maximum Gasteiger partial charge on any atom is 0.118 e. The van der Waals surface area contributed by atoms with Gasteiger partial charge in [0, 0.05) is 11.4 Å². The van der Waals surface area contributed by atoms with Crippen molar-refractivity contribution in [2.24, 2.45) is 5.92 Å². The summed E-state index contributed by atoms with van der Waals surface area (Å²) in [5, 5.41) is 0. The minimum Gasteiger partial charge on any atom is -0.497 e. The summed E-state index contributed by atoms with van der Waals surface area (Å²) in [6.45, 7) is 5.95. The van der Waals surface area contributed by atoms with Crippen LogP contribution in [0.2, 0.25) is 0 Å². The molecule has 2 nitrogen and oxygen atoms in total. The van der Waals surface area contributed by atoms with Gasteiger partial charge in [-0.2, -0.15) is 0 Å². The van der Waals surface area contributed by atoms with Crippen LogP contribution >= 0.6 is 15.9 Å². The highest BCUT2D eigenvalue weighted by atomic mass is 79.9. The molecular formula is C16H24BrNO. The van der Waals surface area contributed by atoms with Crippen LogP contribution in [0.25, 0.3) is 0 Å². The maximum absolute atomic E-state index is 5.18. The van der Waals surface area contributed by atoms with Gasteiger partial charge >= 0.3 is 0 Å². The van der Waals surface area contributed by atoms with Crippen molar-refractivity contribution in [1.29, 1.82) is 0 Å². The lowest BCUT2D eigenvalue weighted by molar-refractivity contribution is 0.187. The molecule has 1 aliphatic heterocycles. The van der Waals surface area contributed by atoms with E-state index in [-0.39, 0.29) is 0 Å². The van der Waals surface area contributed by atoms with Gasteiger partial charge in [-0.1, -0.05) is 35.0 Å². The van der Waals surface area contributed by atoms with E-state index in [0.717, 1.165) is 18.1 Å². The van der Waals surface area contributed by atoms with Gasteiger partial charge in [0.2, 0.25) is 0 Å². The number of alkyl halides is 1. The third-order valence-corrected chi connectivity index (χ3v) is 4.91. The normalized spacial score (nSPS) is 19.3. The first-order valence-electron chi connectivity index (χ1n) is 7.18. The van der Waals surface area contributed by atoms with E-state index in [4.69, 9.17) is 4.74 Å². The quantitative estimate of drug-likeness (QED) is 0.765. The van der Waals surface area contributed by atoms with E-state index < -0.39 is 0 Å². The summed E-state index contributed by atoms with van der Waals surface area (Å²) < 4.78 is 5.18. The lowest BCUT2D eigenvalue weighted by Crippen LogP contribution is -2.37. The average molecular weight is 326 g/mol. The number of piperidine rings is 1. The number of likely N-dealkylation sites (tertiary alicyclic amines) is 1. The van der Waals surface area contributed by atoms with Gasteiger partial charge in [-0.3, -0.25) is 0 Å². The smallest absolute Gasteiger partial charge is 0.118 e. The second kappa shape index (κ2) is 7.30. The van der Waals surface area contributed by atoms with Crippen LogP contribution in [-0.2, 0) is 6.42 Å². The standard InChI is InChI=1S/C16H24BrNO/c1-13(17)15-8-11-18(12-9-15)10-7-14-3-5-16(19-2)6-4-14/h3-6,13,15H,7-12H2,1-2H3. The topological polar surface area (TPSA) is 12.5 Å². The fourth-order valence-electron chi connectivity index (χ4n) is 2.72. The van der Waals surface area contributed by atoms with Crippen LogP contribution in [0.5, 0.6) is 5.75 Å². The van der Waals surface area contributed by atoms with Crippen LogP contribution < -0.4 is 4.74 Å². The van der Waals surface area contributed by atoms with Crippen molar-refractivity contribution in [1.82, 2.24) is 4.90 Å². The molecule has 1 aromatic rings. The molecule has 1 atom stereocenters. The van der Waals surface area contributed by atoms with E-state index in [1.54, 1.807) is 7.11 Å². The Morgan fingerprint density at radius 1 is 1.26 bits per heavy atom. The minimum atomic E-state index is 0.663. The molecule has 19 heavy (non-hydrogen) atoms. The fourth-order valence-corrected chi connectivity index (χ4v) is 3.24. The highest BCUT2D eigenvalue weighted by molar-refractivity contribution is 9.09. The van der Waals surface area contributed by atoms with E-state index >= 15 is 0 Å². The molecule has 2 rings (SSSR count). The highest BCUT2D eigenvalue weighted by Crippen LogP contribution is 2.25. The monoisotopic (exact) mass is 325 g/mol.